The highest BCUT2D eigenvalue weighted by atomic mass is 19.4. The fourth-order valence-electron chi connectivity index (χ4n) is 1.67. The molecule has 0 saturated heterocycles. The van der Waals surface area contributed by atoms with Crippen molar-refractivity contribution >= 4 is 0 Å². The Kier molecular flexibility index (Phi) is 3.64. The SMILES string of the molecule is CC1C=CC(Oc2ccc(C(F)(F)F)cc2F)=CC1. The molecule has 1 atom stereocenters. The maximum absolute atomic E-state index is 13.5. The molecule has 1 unspecified atom stereocenters. The number of hydrogen-bond donors (Lipinski definition) is 0. The first-order chi connectivity index (χ1) is 8.86. The van der Waals surface area contributed by atoms with Crippen LogP contribution in [0.15, 0.2) is 42.2 Å². The van der Waals surface area contributed by atoms with Gasteiger partial charge in [0.05, 0.1) is 5.56 Å². The lowest BCUT2D eigenvalue weighted by molar-refractivity contribution is -0.137. The Labute approximate surface area is 108 Å². The molecule has 0 N–H and O–H groups in total. The second-order valence-electron chi connectivity index (χ2n) is 4.42. The molecular formula is C14H12F4O. The zero-order valence-electron chi connectivity index (χ0n) is 10.2. The van der Waals surface area contributed by atoms with Crippen LogP contribution in [-0.2, 0) is 6.18 Å². The Bertz CT molecular complexity index is 529. The van der Waals surface area contributed by atoms with Gasteiger partial charge in [-0.2, -0.15) is 13.2 Å². The molecule has 102 valence electrons. The number of halogens is 4. The van der Waals surface area contributed by atoms with E-state index in [-0.39, 0.29) is 5.75 Å². The first-order valence-corrected chi connectivity index (χ1v) is 5.79. The summed E-state index contributed by atoms with van der Waals surface area (Å²) in [4.78, 5) is 0. The molecule has 0 fully saturated rings. The molecule has 0 spiro atoms. The monoisotopic (exact) mass is 272 g/mol. The van der Waals surface area contributed by atoms with Crippen LogP contribution in [-0.4, -0.2) is 0 Å². The van der Waals surface area contributed by atoms with Gasteiger partial charge >= 0.3 is 6.18 Å². The smallest absolute Gasteiger partial charge is 0.416 e. The van der Waals surface area contributed by atoms with Gasteiger partial charge in [-0.1, -0.05) is 13.0 Å². The number of rotatable bonds is 2. The molecule has 1 aliphatic rings. The van der Waals surface area contributed by atoms with E-state index in [0.29, 0.717) is 17.7 Å². The molecule has 1 aromatic rings. The van der Waals surface area contributed by atoms with Crippen LogP contribution in [0.25, 0.3) is 0 Å². The molecule has 1 nitrogen and oxygen atoms in total. The summed E-state index contributed by atoms with van der Waals surface area (Å²) in [7, 11) is 0. The fourth-order valence-corrected chi connectivity index (χ4v) is 1.67. The predicted molar refractivity (Wildman–Crippen MR) is 63.0 cm³/mol. The summed E-state index contributed by atoms with van der Waals surface area (Å²) >= 11 is 0. The van der Waals surface area contributed by atoms with Crippen LogP contribution in [0, 0.1) is 11.7 Å². The Hall–Kier alpha value is -1.78. The first-order valence-electron chi connectivity index (χ1n) is 5.79. The first kappa shape index (κ1) is 13.6. The Morgan fingerprint density at radius 1 is 1.26 bits per heavy atom. The largest absolute Gasteiger partial charge is 0.455 e. The number of benzene rings is 1. The molecule has 19 heavy (non-hydrogen) atoms. The molecule has 2 rings (SSSR count). The Balaban J connectivity index is 2.17. The molecule has 0 aliphatic heterocycles. The molecule has 1 aromatic carbocycles. The Morgan fingerprint density at radius 2 is 2.00 bits per heavy atom. The molecule has 0 saturated carbocycles. The van der Waals surface area contributed by atoms with Crippen LogP contribution in [0.2, 0.25) is 0 Å². The molecule has 0 amide bonds. The topological polar surface area (TPSA) is 9.23 Å². The minimum atomic E-state index is -4.56. The van der Waals surface area contributed by atoms with Gasteiger partial charge < -0.3 is 4.74 Å². The van der Waals surface area contributed by atoms with Crippen molar-refractivity contribution in [3.8, 4) is 5.75 Å². The summed E-state index contributed by atoms with van der Waals surface area (Å²) < 4.78 is 55.9. The zero-order valence-corrected chi connectivity index (χ0v) is 10.2. The Morgan fingerprint density at radius 3 is 2.53 bits per heavy atom. The summed E-state index contributed by atoms with van der Waals surface area (Å²) in [5.74, 6) is -0.414. The van der Waals surface area contributed by atoms with Gasteiger partial charge in [-0.25, -0.2) is 4.39 Å². The minimum Gasteiger partial charge on any atom is -0.455 e. The molecular weight excluding hydrogens is 260 g/mol. The third-order valence-corrected chi connectivity index (χ3v) is 2.77. The average molecular weight is 272 g/mol. The zero-order chi connectivity index (χ0) is 14.0. The molecule has 1 aliphatic carbocycles. The van der Waals surface area contributed by atoms with Crippen LogP contribution in [0.5, 0.6) is 5.75 Å². The van der Waals surface area contributed by atoms with Gasteiger partial charge in [0.25, 0.3) is 0 Å². The van der Waals surface area contributed by atoms with E-state index in [9.17, 15) is 17.6 Å². The summed E-state index contributed by atoms with van der Waals surface area (Å²) in [6.45, 7) is 2.02. The van der Waals surface area contributed by atoms with E-state index in [1.807, 2.05) is 13.0 Å². The van der Waals surface area contributed by atoms with Crippen molar-refractivity contribution in [2.45, 2.75) is 19.5 Å². The van der Waals surface area contributed by atoms with E-state index in [4.69, 9.17) is 4.74 Å². The normalized spacial score (nSPS) is 19.2. The van der Waals surface area contributed by atoms with Gasteiger partial charge in [-0.05, 0) is 42.7 Å². The standard InChI is InChI=1S/C14H12F4O/c1-9-2-5-11(6-3-9)19-13-7-4-10(8-12(13)15)14(16,17)18/h2,4-9H,3H2,1H3. The number of allylic oxidation sites excluding steroid dienone is 3. The lowest BCUT2D eigenvalue weighted by atomic mass is 10.0. The van der Waals surface area contributed by atoms with E-state index in [0.717, 1.165) is 18.6 Å². The van der Waals surface area contributed by atoms with Crippen LogP contribution in [0.1, 0.15) is 18.9 Å². The maximum Gasteiger partial charge on any atom is 0.416 e. The summed E-state index contributed by atoms with van der Waals surface area (Å²) in [5.41, 5.74) is -1.03. The van der Waals surface area contributed by atoms with E-state index in [1.165, 1.54) is 0 Å². The van der Waals surface area contributed by atoms with Crippen LogP contribution < -0.4 is 4.74 Å². The van der Waals surface area contributed by atoms with Gasteiger partial charge in [0.15, 0.2) is 11.6 Å². The van der Waals surface area contributed by atoms with Gasteiger partial charge in [0, 0.05) is 0 Å². The number of hydrogen-bond acceptors (Lipinski definition) is 1. The van der Waals surface area contributed by atoms with Crippen molar-refractivity contribution < 1.29 is 22.3 Å². The van der Waals surface area contributed by atoms with Gasteiger partial charge in [0.2, 0.25) is 0 Å². The van der Waals surface area contributed by atoms with Crippen LogP contribution >= 0.6 is 0 Å². The highest BCUT2D eigenvalue weighted by molar-refractivity contribution is 5.33. The van der Waals surface area contributed by atoms with Crippen molar-refractivity contribution in [3.05, 3.63) is 53.6 Å². The molecule has 5 heteroatoms. The third kappa shape index (κ3) is 3.36. The quantitative estimate of drug-likeness (QED) is 0.709. The van der Waals surface area contributed by atoms with Crippen molar-refractivity contribution in [2.75, 3.05) is 0 Å². The average Bonchev–Trinajstić information content (AvgIpc) is 2.33. The second kappa shape index (κ2) is 5.07. The van der Waals surface area contributed by atoms with Crippen LogP contribution in [0.3, 0.4) is 0 Å². The van der Waals surface area contributed by atoms with Crippen molar-refractivity contribution in [1.29, 1.82) is 0 Å². The summed E-state index contributed by atoms with van der Waals surface area (Å²) in [6.07, 6.45) is 1.57. The van der Waals surface area contributed by atoms with E-state index >= 15 is 0 Å². The summed E-state index contributed by atoms with van der Waals surface area (Å²) in [5, 5.41) is 0. The van der Waals surface area contributed by atoms with Crippen molar-refractivity contribution in [3.63, 3.8) is 0 Å². The second-order valence-corrected chi connectivity index (χ2v) is 4.42. The third-order valence-electron chi connectivity index (χ3n) is 2.77. The van der Waals surface area contributed by atoms with Gasteiger partial charge in [-0.3, -0.25) is 0 Å². The minimum absolute atomic E-state index is 0.210. The highest BCUT2D eigenvalue weighted by Gasteiger charge is 2.31. The number of ether oxygens (including phenoxy) is 1. The highest BCUT2D eigenvalue weighted by Crippen LogP contribution is 2.32. The van der Waals surface area contributed by atoms with Gasteiger partial charge in [-0.15, -0.1) is 0 Å². The molecule has 0 radical (unpaired) electrons. The van der Waals surface area contributed by atoms with E-state index in [1.54, 1.807) is 12.2 Å². The number of alkyl halides is 3. The van der Waals surface area contributed by atoms with Crippen LogP contribution in [0.4, 0.5) is 17.6 Å². The lowest BCUT2D eigenvalue weighted by Gasteiger charge is -2.14. The van der Waals surface area contributed by atoms with E-state index in [2.05, 4.69) is 0 Å². The van der Waals surface area contributed by atoms with Crippen molar-refractivity contribution in [1.82, 2.24) is 0 Å². The van der Waals surface area contributed by atoms with E-state index < -0.39 is 17.6 Å². The fraction of sp³-hybridized carbons (Fsp3) is 0.286. The summed E-state index contributed by atoms with van der Waals surface area (Å²) in [6, 6.07) is 2.23. The molecule has 0 heterocycles. The predicted octanol–water partition coefficient (Wildman–Crippen LogP) is 4.70. The van der Waals surface area contributed by atoms with Crippen molar-refractivity contribution in [2.24, 2.45) is 5.92 Å². The molecule has 0 bridgehead atoms. The van der Waals surface area contributed by atoms with Gasteiger partial charge in [0.1, 0.15) is 5.76 Å². The lowest BCUT2D eigenvalue weighted by Crippen LogP contribution is -2.06. The maximum atomic E-state index is 13.5. The molecule has 0 aromatic heterocycles.